The summed E-state index contributed by atoms with van der Waals surface area (Å²) in [6, 6.07) is 11.8. The van der Waals surface area contributed by atoms with E-state index in [1.807, 2.05) is 6.07 Å². The second-order valence-corrected chi connectivity index (χ2v) is 6.95. The third-order valence-corrected chi connectivity index (χ3v) is 4.74. The summed E-state index contributed by atoms with van der Waals surface area (Å²) in [5.41, 5.74) is 2.27. The van der Waals surface area contributed by atoms with E-state index in [1.54, 1.807) is 19.2 Å². The topological polar surface area (TPSA) is 92.1 Å². The van der Waals surface area contributed by atoms with E-state index in [1.165, 1.54) is 35.2 Å². The molecule has 1 N–H and O–H groups in total. The normalized spacial score (nSPS) is 10.7. The number of carbonyl (C=O) groups is 1. The zero-order valence-electron chi connectivity index (χ0n) is 15.6. The zero-order valence-corrected chi connectivity index (χ0v) is 16.3. The minimum absolute atomic E-state index is 0.0457. The van der Waals surface area contributed by atoms with Crippen molar-refractivity contribution in [3.8, 4) is 11.3 Å². The average Bonchev–Trinajstić information content (AvgIpc) is 3.16. The van der Waals surface area contributed by atoms with Gasteiger partial charge in [0.25, 0.3) is 11.6 Å². The Hall–Kier alpha value is -3.26. The van der Waals surface area contributed by atoms with Crippen LogP contribution in [0.25, 0.3) is 11.3 Å². The maximum atomic E-state index is 13.3. The summed E-state index contributed by atoms with van der Waals surface area (Å²) in [6.07, 6.45) is 1.31. The Kier molecular flexibility index (Phi) is 6.23. The molecule has 1 aromatic heterocycles. The average molecular weight is 417 g/mol. The van der Waals surface area contributed by atoms with Crippen LogP contribution in [0.1, 0.15) is 22.5 Å². The lowest BCUT2D eigenvalue weighted by molar-refractivity contribution is -0.384. The first-order valence-electron chi connectivity index (χ1n) is 8.85. The van der Waals surface area contributed by atoms with E-state index < -0.39 is 4.92 Å². The van der Waals surface area contributed by atoms with E-state index in [0.29, 0.717) is 30.6 Å². The monoisotopic (exact) mass is 416 g/mol. The molecule has 0 radical (unpaired) electrons. The van der Waals surface area contributed by atoms with Gasteiger partial charge in [-0.05, 0) is 37.1 Å². The number of nitrogens with zero attached hydrogens (tertiary/aromatic N) is 3. The van der Waals surface area contributed by atoms with Crippen LogP contribution in [0.15, 0.2) is 48.5 Å². The number of amides is 1. The highest BCUT2D eigenvalue weighted by Gasteiger charge is 2.18. The van der Waals surface area contributed by atoms with E-state index >= 15 is 0 Å². The van der Waals surface area contributed by atoms with Crippen LogP contribution in [0.3, 0.4) is 0 Å². The summed E-state index contributed by atoms with van der Waals surface area (Å²) in [4.78, 5) is 24.3. The quantitative estimate of drug-likeness (QED) is 0.454. The first kappa shape index (κ1) is 20.5. The number of nitrogens with one attached hydrogen (secondary N) is 1. The number of benzene rings is 2. The molecular formula is C20H18ClFN4O3. The minimum Gasteiger partial charge on any atom is -0.342 e. The van der Waals surface area contributed by atoms with Gasteiger partial charge in [-0.25, -0.2) is 4.39 Å². The molecule has 1 amide bonds. The highest BCUT2D eigenvalue weighted by Crippen LogP contribution is 2.24. The summed E-state index contributed by atoms with van der Waals surface area (Å²) in [7, 11) is 1.64. The molecule has 0 saturated carbocycles. The Morgan fingerprint density at radius 3 is 2.76 bits per heavy atom. The standard InChI is InChI=1S/C20H18ClFN4O3/c1-25(20(27)17-8-7-16(26(28)29)12-18(17)21)9-3-6-15-11-19(24-23-15)13-4-2-5-14(22)10-13/h2,4-5,7-8,10-12H,3,6,9H2,1H3,(H,23,24). The number of halogens is 2. The van der Waals surface area contributed by atoms with Crippen molar-refractivity contribution < 1.29 is 14.1 Å². The SMILES string of the molecule is CN(CCCc1cc(-c2cccc(F)c2)n[nH]1)C(=O)c1ccc([N+](=O)[O-])cc1Cl. The van der Waals surface area contributed by atoms with Crippen molar-refractivity contribution in [2.24, 2.45) is 0 Å². The summed E-state index contributed by atoms with van der Waals surface area (Å²) >= 11 is 6.02. The number of carbonyl (C=O) groups excluding carboxylic acids is 1. The number of nitro benzene ring substituents is 1. The van der Waals surface area contributed by atoms with E-state index in [-0.39, 0.29) is 28.0 Å². The second-order valence-electron chi connectivity index (χ2n) is 6.54. The van der Waals surface area contributed by atoms with Crippen molar-refractivity contribution in [2.75, 3.05) is 13.6 Å². The molecule has 0 aliphatic heterocycles. The van der Waals surface area contributed by atoms with Gasteiger partial charge < -0.3 is 4.90 Å². The molecule has 9 heteroatoms. The molecule has 29 heavy (non-hydrogen) atoms. The third kappa shape index (κ3) is 4.97. The van der Waals surface area contributed by atoms with Gasteiger partial charge >= 0.3 is 0 Å². The fraction of sp³-hybridized carbons (Fsp3) is 0.200. The summed E-state index contributed by atoms with van der Waals surface area (Å²) in [6.45, 7) is 0.459. The van der Waals surface area contributed by atoms with Gasteiger partial charge in [-0.3, -0.25) is 20.0 Å². The predicted molar refractivity (Wildman–Crippen MR) is 107 cm³/mol. The van der Waals surface area contributed by atoms with Crippen LogP contribution in [0.2, 0.25) is 5.02 Å². The van der Waals surface area contributed by atoms with Gasteiger partial charge in [0.15, 0.2) is 0 Å². The molecule has 0 bridgehead atoms. The van der Waals surface area contributed by atoms with Crippen LogP contribution < -0.4 is 0 Å². The van der Waals surface area contributed by atoms with Crippen LogP contribution in [-0.2, 0) is 6.42 Å². The molecule has 0 spiro atoms. The number of aromatic nitrogens is 2. The van der Waals surface area contributed by atoms with E-state index in [2.05, 4.69) is 10.2 Å². The molecule has 2 aromatic carbocycles. The molecule has 1 heterocycles. The van der Waals surface area contributed by atoms with Gasteiger partial charge in [0.2, 0.25) is 0 Å². The second kappa shape index (κ2) is 8.83. The lowest BCUT2D eigenvalue weighted by Crippen LogP contribution is -2.28. The Balaban J connectivity index is 1.57. The van der Waals surface area contributed by atoms with Crippen molar-refractivity contribution in [1.82, 2.24) is 15.1 Å². The molecule has 0 aliphatic rings. The molecule has 3 aromatic rings. The van der Waals surface area contributed by atoms with Crippen LogP contribution >= 0.6 is 11.6 Å². The van der Waals surface area contributed by atoms with Crippen molar-refractivity contribution in [3.63, 3.8) is 0 Å². The number of rotatable bonds is 7. The zero-order chi connectivity index (χ0) is 21.0. The van der Waals surface area contributed by atoms with Gasteiger partial charge in [0.05, 0.1) is 21.2 Å². The number of aryl methyl sites for hydroxylation is 1. The number of H-pyrrole nitrogens is 1. The number of hydrogen-bond donors (Lipinski definition) is 1. The third-order valence-electron chi connectivity index (χ3n) is 4.43. The van der Waals surface area contributed by atoms with Crippen LogP contribution in [0.5, 0.6) is 0 Å². The first-order valence-corrected chi connectivity index (χ1v) is 9.22. The van der Waals surface area contributed by atoms with Gasteiger partial charge in [-0.1, -0.05) is 23.7 Å². The van der Waals surface area contributed by atoms with Gasteiger partial charge in [-0.2, -0.15) is 5.10 Å². The molecule has 0 atom stereocenters. The largest absolute Gasteiger partial charge is 0.342 e. The fourth-order valence-corrected chi connectivity index (χ4v) is 3.15. The number of nitro groups is 1. The first-order chi connectivity index (χ1) is 13.8. The maximum Gasteiger partial charge on any atom is 0.270 e. The maximum absolute atomic E-state index is 13.3. The summed E-state index contributed by atoms with van der Waals surface area (Å²) in [5, 5.41) is 17.9. The van der Waals surface area contributed by atoms with E-state index in [9.17, 15) is 19.3 Å². The predicted octanol–water partition coefficient (Wildman–Crippen LogP) is 4.48. The molecule has 7 nitrogen and oxygen atoms in total. The molecule has 3 rings (SSSR count). The Labute approximate surface area is 171 Å². The molecule has 0 unspecified atom stereocenters. The summed E-state index contributed by atoms with van der Waals surface area (Å²) < 4.78 is 13.3. The molecule has 150 valence electrons. The van der Waals surface area contributed by atoms with E-state index in [0.717, 1.165) is 5.69 Å². The van der Waals surface area contributed by atoms with Crippen molar-refractivity contribution in [1.29, 1.82) is 0 Å². The van der Waals surface area contributed by atoms with Gasteiger partial charge in [0.1, 0.15) is 5.82 Å². The highest BCUT2D eigenvalue weighted by molar-refractivity contribution is 6.34. The number of aromatic amines is 1. The molecule has 0 fully saturated rings. The van der Waals surface area contributed by atoms with Crippen molar-refractivity contribution >= 4 is 23.2 Å². The van der Waals surface area contributed by atoms with Crippen LogP contribution in [0, 0.1) is 15.9 Å². The Morgan fingerprint density at radius 2 is 2.07 bits per heavy atom. The van der Waals surface area contributed by atoms with Crippen molar-refractivity contribution in [2.45, 2.75) is 12.8 Å². The lowest BCUT2D eigenvalue weighted by atomic mass is 10.1. The van der Waals surface area contributed by atoms with Crippen LogP contribution in [0.4, 0.5) is 10.1 Å². The van der Waals surface area contributed by atoms with Crippen LogP contribution in [-0.4, -0.2) is 39.5 Å². The summed E-state index contributed by atoms with van der Waals surface area (Å²) in [5.74, 6) is -0.632. The lowest BCUT2D eigenvalue weighted by Gasteiger charge is -2.17. The van der Waals surface area contributed by atoms with E-state index in [4.69, 9.17) is 11.6 Å². The van der Waals surface area contributed by atoms with Gasteiger partial charge in [-0.15, -0.1) is 0 Å². The minimum atomic E-state index is -0.563. The molecule has 0 aliphatic carbocycles. The molecular weight excluding hydrogens is 399 g/mol. The van der Waals surface area contributed by atoms with Gasteiger partial charge in [0, 0.05) is 37.0 Å². The highest BCUT2D eigenvalue weighted by atomic mass is 35.5. The van der Waals surface area contributed by atoms with Crippen molar-refractivity contribution in [3.05, 3.63) is 80.7 Å². The smallest absolute Gasteiger partial charge is 0.270 e. The fourth-order valence-electron chi connectivity index (χ4n) is 2.89. The Morgan fingerprint density at radius 1 is 1.28 bits per heavy atom. The Bertz CT molecular complexity index is 1050. The number of non-ortho nitro benzene ring substituents is 1. The number of hydrogen-bond acceptors (Lipinski definition) is 4. The molecule has 0 saturated heterocycles.